The summed E-state index contributed by atoms with van der Waals surface area (Å²) in [6.07, 6.45) is 1.35. The Balaban J connectivity index is 0. The monoisotopic (exact) mass is 387 g/mol. The van der Waals surface area contributed by atoms with Crippen molar-refractivity contribution in [1.29, 1.82) is 0 Å². The SMILES string of the molecule is Cl.Cl.N[C@@H](CC(=O)O)C(=O)NCCSCc1ncccc1S. The molecule has 0 saturated heterocycles. The van der Waals surface area contributed by atoms with Crippen molar-refractivity contribution < 1.29 is 14.7 Å². The Morgan fingerprint density at radius 1 is 1.45 bits per heavy atom. The lowest BCUT2D eigenvalue weighted by Crippen LogP contribution is -2.42. The summed E-state index contributed by atoms with van der Waals surface area (Å²) in [6.45, 7) is 0.436. The summed E-state index contributed by atoms with van der Waals surface area (Å²) < 4.78 is 0. The van der Waals surface area contributed by atoms with E-state index in [1.54, 1.807) is 18.0 Å². The van der Waals surface area contributed by atoms with Gasteiger partial charge >= 0.3 is 5.97 Å². The summed E-state index contributed by atoms with van der Waals surface area (Å²) in [5.41, 5.74) is 6.32. The van der Waals surface area contributed by atoms with Crippen molar-refractivity contribution in [3.05, 3.63) is 24.0 Å². The maximum atomic E-state index is 11.4. The number of carboxylic acids is 1. The Kier molecular flexibility index (Phi) is 13.8. The molecule has 126 valence electrons. The number of carboxylic acid groups (broad SMARTS) is 1. The summed E-state index contributed by atoms with van der Waals surface area (Å²) >= 11 is 5.90. The van der Waals surface area contributed by atoms with Gasteiger partial charge in [0.15, 0.2) is 0 Å². The number of nitrogens with one attached hydrogen (secondary N) is 1. The molecule has 0 aromatic carbocycles. The van der Waals surface area contributed by atoms with Crippen LogP contribution in [-0.2, 0) is 15.3 Å². The van der Waals surface area contributed by atoms with E-state index in [-0.39, 0.29) is 31.2 Å². The fourth-order valence-corrected chi connectivity index (χ4v) is 2.51. The quantitative estimate of drug-likeness (QED) is 0.396. The van der Waals surface area contributed by atoms with Crippen LogP contribution < -0.4 is 11.1 Å². The Bertz CT molecular complexity index is 481. The first-order valence-corrected chi connectivity index (χ1v) is 7.56. The van der Waals surface area contributed by atoms with Crippen molar-refractivity contribution >= 4 is 61.1 Å². The van der Waals surface area contributed by atoms with Crippen LogP contribution in [0.2, 0.25) is 0 Å². The van der Waals surface area contributed by atoms with Gasteiger partial charge in [-0.25, -0.2) is 0 Å². The van der Waals surface area contributed by atoms with Gasteiger partial charge in [0.25, 0.3) is 0 Å². The lowest BCUT2D eigenvalue weighted by atomic mass is 10.2. The largest absolute Gasteiger partial charge is 0.481 e. The molecule has 1 heterocycles. The van der Waals surface area contributed by atoms with Gasteiger partial charge in [-0.1, -0.05) is 0 Å². The molecule has 0 aliphatic rings. The van der Waals surface area contributed by atoms with Crippen molar-refractivity contribution in [2.24, 2.45) is 5.73 Å². The molecule has 1 aromatic heterocycles. The van der Waals surface area contributed by atoms with Gasteiger partial charge in [-0.3, -0.25) is 14.6 Å². The number of thiol groups is 1. The van der Waals surface area contributed by atoms with Crippen LogP contribution in [0.25, 0.3) is 0 Å². The highest BCUT2D eigenvalue weighted by Crippen LogP contribution is 2.16. The molecule has 22 heavy (non-hydrogen) atoms. The summed E-state index contributed by atoms with van der Waals surface area (Å²) in [4.78, 5) is 26.9. The number of carbonyl (C=O) groups is 2. The highest BCUT2D eigenvalue weighted by molar-refractivity contribution is 7.98. The van der Waals surface area contributed by atoms with Crippen molar-refractivity contribution in [1.82, 2.24) is 10.3 Å². The molecule has 0 fully saturated rings. The summed E-state index contributed by atoms with van der Waals surface area (Å²) in [5, 5.41) is 11.1. The third kappa shape index (κ3) is 9.37. The molecular formula is C12H19Cl2N3O3S2. The van der Waals surface area contributed by atoms with E-state index < -0.39 is 17.9 Å². The molecular weight excluding hydrogens is 369 g/mol. The van der Waals surface area contributed by atoms with Crippen molar-refractivity contribution in [3.63, 3.8) is 0 Å². The highest BCUT2D eigenvalue weighted by atomic mass is 35.5. The summed E-state index contributed by atoms with van der Waals surface area (Å²) in [5.74, 6) is -0.134. The third-order valence-corrected chi connectivity index (χ3v) is 3.76. The van der Waals surface area contributed by atoms with E-state index >= 15 is 0 Å². The van der Waals surface area contributed by atoms with E-state index in [4.69, 9.17) is 10.8 Å². The third-order valence-electron chi connectivity index (χ3n) is 2.38. The number of carbonyl (C=O) groups excluding carboxylic acids is 1. The predicted molar refractivity (Wildman–Crippen MR) is 95.4 cm³/mol. The number of rotatable bonds is 8. The molecule has 1 aromatic rings. The van der Waals surface area contributed by atoms with Gasteiger partial charge in [0.1, 0.15) is 0 Å². The number of nitrogens with two attached hydrogens (primary N) is 1. The predicted octanol–water partition coefficient (Wildman–Crippen LogP) is 1.37. The smallest absolute Gasteiger partial charge is 0.305 e. The van der Waals surface area contributed by atoms with Gasteiger partial charge in [-0.05, 0) is 12.1 Å². The zero-order valence-corrected chi connectivity index (χ0v) is 14.9. The number of hydrogen-bond donors (Lipinski definition) is 4. The van der Waals surface area contributed by atoms with Crippen LogP contribution in [0.3, 0.4) is 0 Å². The minimum absolute atomic E-state index is 0. The molecule has 6 nitrogen and oxygen atoms in total. The number of thioether (sulfide) groups is 1. The lowest BCUT2D eigenvalue weighted by Gasteiger charge is -2.10. The molecule has 0 unspecified atom stereocenters. The van der Waals surface area contributed by atoms with Gasteiger partial charge in [0.05, 0.1) is 18.2 Å². The molecule has 4 N–H and O–H groups in total. The average molecular weight is 388 g/mol. The molecule has 0 spiro atoms. The molecule has 1 rings (SSSR count). The minimum atomic E-state index is -1.08. The molecule has 0 aliphatic carbocycles. The average Bonchev–Trinajstić information content (AvgIpc) is 2.39. The van der Waals surface area contributed by atoms with E-state index in [1.807, 2.05) is 12.1 Å². The first kappa shape index (κ1) is 23.6. The number of pyridine rings is 1. The van der Waals surface area contributed by atoms with Gasteiger partial charge in [-0.15, -0.1) is 37.4 Å². The van der Waals surface area contributed by atoms with E-state index in [1.165, 1.54) is 0 Å². The molecule has 1 atom stereocenters. The molecule has 1 amide bonds. The first-order chi connectivity index (χ1) is 9.50. The van der Waals surface area contributed by atoms with Crippen LogP contribution in [0, 0.1) is 0 Å². The number of nitrogens with zero attached hydrogens (tertiary/aromatic N) is 1. The Hall–Kier alpha value is -0.670. The molecule has 0 aliphatic heterocycles. The normalized spacial score (nSPS) is 10.8. The molecule has 10 heteroatoms. The number of halogens is 2. The molecule has 0 saturated carbocycles. The van der Waals surface area contributed by atoms with Crippen LogP contribution in [-0.4, -0.2) is 40.3 Å². The maximum Gasteiger partial charge on any atom is 0.305 e. The fraction of sp³-hybridized carbons (Fsp3) is 0.417. The number of aliphatic carboxylic acids is 1. The molecule has 0 radical (unpaired) electrons. The van der Waals surface area contributed by atoms with Gasteiger partial charge in [-0.2, -0.15) is 11.8 Å². The second-order valence-corrected chi connectivity index (χ2v) is 5.60. The Morgan fingerprint density at radius 3 is 2.73 bits per heavy atom. The number of aromatic nitrogens is 1. The van der Waals surface area contributed by atoms with Crippen LogP contribution in [0.15, 0.2) is 23.2 Å². The molecule has 0 bridgehead atoms. The van der Waals surface area contributed by atoms with Gasteiger partial charge in [0, 0.05) is 29.1 Å². The van der Waals surface area contributed by atoms with Gasteiger partial charge in [0.2, 0.25) is 5.91 Å². The first-order valence-electron chi connectivity index (χ1n) is 5.96. The van der Waals surface area contributed by atoms with E-state index in [9.17, 15) is 9.59 Å². The van der Waals surface area contributed by atoms with Crippen molar-refractivity contribution in [3.8, 4) is 0 Å². The highest BCUT2D eigenvalue weighted by Gasteiger charge is 2.16. The second kappa shape index (κ2) is 12.8. The van der Waals surface area contributed by atoms with Crippen LogP contribution >= 0.6 is 49.2 Å². The topological polar surface area (TPSA) is 105 Å². The lowest BCUT2D eigenvalue weighted by molar-refractivity contribution is -0.139. The van der Waals surface area contributed by atoms with Crippen molar-refractivity contribution in [2.45, 2.75) is 23.1 Å². The van der Waals surface area contributed by atoms with Crippen molar-refractivity contribution in [2.75, 3.05) is 12.3 Å². The Labute approximate surface area is 151 Å². The van der Waals surface area contributed by atoms with E-state index in [0.29, 0.717) is 18.1 Å². The summed E-state index contributed by atoms with van der Waals surface area (Å²) in [7, 11) is 0. The Morgan fingerprint density at radius 2 is 2.14 bits per heavy atom. The second-order valence-electron chi connectivity index (χ2n) is 4.02. The number of amides is 1. The van der Waals surface area contributed by atoms with E-state index in [2.05, 4.69) is 22.9 Å². The fourth-order valence-electron chi connectivity index (χ4n) is 1.37. The van der Waals surface area contributed by atoms with Crippen LogP contribution in [0.1, 0.15) is 12.1 Å². The number of hydrogen-bond acceptors (Lipinski definition) is 6. The maximum absolute atomic E-state index is 11.4. The van der Waals surface area contributed by atoms with E-state index in [0.717, 1.165) is 10.6 Å². The standard InChI is InChI=1S/C12H17N3O3S2.2ClH/c13-8(6-11(16)17)12(18)15-4-5-20-7-9-10(19)2-1-3-14-9;;/h1-3,8,19H,4-7,13H2,(H,15,18)(H,16,17);2*1H/t8-;;/m0../s1. The van der Waals surface area contributed by atoms with Crippen LogP contribution in [0.4, 0.5) is 0 Å². The zero-order valence-electron chi connectivity index (χ0n) is 11.6. The van der Waals surface area contributed by atoms with Crippen LogP contribution in [0.5, 0.6) is 0 Å². The zero-order chi connectivity index (χ0) is 15.0. The minimum Gasteiger partial charge on any atom is -0.481 e. The van der Waals surface area contributed by atoms with Gasteiger partial charge < -0.3 is 16.2 Å². The summed E-state index contributed by atoms with van der Waals surface area (Å²) in [6, 6.07) is 2.69.